The van der Waals surface area contributed by atoms with E-state index >= 15 is 0 Å². The van der Waals surface area contributed by atoms with Crippen LogP contribution in [-0.2, 0) is 35.5 Å². The molecule has 57 heavy (non-hydrogen) atoms. The van der Waals surface area contributed by atoms with Gasteiger partial charge >= 0.3 is 12.1 Å². The maximum absolute atomic E-state index is 14.4. The zero-order valence-corrected chi connectivity index (χ0v) is 34.4. The largest absolute Gasteiger partial charge is 0.458 e. The van der Waals surface area contributed by atoms with Crippen LogP contribution in [0.25, 0.3) is 32.2 Å². The molecule has 5 aromatic rings. The van der Waals surface area contributed by atoms with Crippen molar-refractivity contribution < 1.29 is 32.3 Å². The molecule has 0 aliphatic carbocycles. The van der Waals surface area contributed by atoms with Crippen LogP contribution >= 0.6 is 0 Å². The second-order valence-electron chi connectivity index (χ2n) is 16.3. The summed E-state index contributed by atoms with van der Waals surface area (Å²) in [7, 11) is -4.24. The number of aryl methyl sites for hydroxylation is 1. The van der Waals surface area contributed by atoms with Crippen molar-refractivity contribution in [3.05, 3.63) is 112 Å². The summed E-state index contributed by atoms with van der Waals surface area (Å²) < 4.78 is 41.1. The lowest BCUT2D eigenvalue weighted by molar-refractivity contribution is -0.157. The highest BCUT2D eigenvalue weighted by Gasteiger charge is 2.34. The van der Waals surface area contributed by atoms with Crippen LogP contribution in [0.1, 0.15) is 78.0 Å². The Kier molecular flexibility index (Phi) is 12.3. The van der Waals surface area contributed by atoms with Gasteiger partial charge < -0.3 is 20.1 Å². The van der Waals surface area contributed by atoms with E-state index in [4.69, 9.17) is 9.47 Å². The Morgan fingerprint density at radius 2 is 1.60 bits per heavy atom. The Bertz CT molecular complexity index is 2450. The van der Waals surface area contributed by atoms with Gasteiger partial charge in [-0.2, -0.15) is 0 Å². The molecule has 0 bridgehead atoms. The summed E-state index contributed by atoms with van der Waals surface area (Å²) in [6.07, 6.45) is 2.04. The lowest BCUT2D eigenvalue weighted by Gasteiger charge is -2.27. The second kappa shape index (κ2) is 16.7. The van der Waals surface area contributed by atoms with E-state index in [1.807, 2.05) is 32.9 Å². The van der Waals surface area contributed by atoms with Crippen LogP contribution in [-0.4, -0.2) is 58.6 Å². The highest BCUT2D eigenvalue weighted by Crippen LogP contribution is 2.36. The molecule has 5 rings (SSSR count). The molecule has 2 amide bonds. The number of alkyl carbamates (subject to hydrolysis) is 1. The number of anilines is 1. The first-order valence-electron chi connectivity index (χ1n) is 18.6. The van der Waals surface area contributed by atoms with Gasteiger partial charge in [0.1, 0.15) is 23.3 Å². The number of hydrogen-bond donors (Lipinski definition) is 2. The van der Waals surface area contributed by atoms with E-state index in [0.29, 0.717) is 27.7 Å². The number of nitrogens with zero attached hydrogens (tertiary/aromatic N) is 5. The number of aromatic nitrogens is 2. The average molecular weight is 796 g/mol. The van der Waals surface area contributed by atoms with Crippen molar-refractivity contribution in [1.29, 1.82) is 0 Å². The molecule has 0 saturated heterocycles. The summed E-state index contributed by atoms with van der Waals surface area (Å²) in [6, 6.07) is 18.0. The molecule has 300 valence electrons. The minimum absolute atomic E-state index is 0.0213. The fourth-order valence-electron chi connectivity index (χ4n) is 6.60. The number of nitrogens with one attached hydrogen (secondary N) is 2. The molecule has 0 unspecified atom stereocenters. The van der Waals surface area contributed by atoms with Gasteiger partial charge in [0.25, 0.3) is 10.0 Å². The molecule has 3 atom stereocenters. The molecule has 0 fully saturated rings. The number of amides is 2. The summed E-state index contributed by atoms with van der Waals surface area (Å²) in [4.78, 5) is 48.1. The lowest BCUT2D eigenvalue weighted by atomic mass is 9.82. The van der Waals surface area contributed by atoms with Crippen molar-refractivity contribution in [3.8, 4) is 0 Å². The van der Waals surface area contributed by atoms with Crippen LogP contribution in [0.5, 0.6) is 0 Å². The van der Waals surface area contributed by atoms with Crippen LogP contribution in [0, 0.1) is 12.8 Å². The Morgan fingerprint density at radius 3 is 2.23 bits per heavy atom. The molecule has 0 aliphatic rings. The standard InChI is InChI=1S/C42H49N7O7S/c1-25(2)35(37(47-48-43)38(50)45-32-14-10-12-27-13-11-21-44-36(27)32)28-17-20-31-29(22-33(39(51)55-41(4,5)6)46-40(52)56-42(7,8)9)24-49(34(31)23-28)57(53,54)30-18-15-26(3)16-19-30/h10-21,23-25,33,35,37H,22H2,1-9H3,(H,45,50)(H,46,52)/t33-,35+,37-/m0/s1. The number of fused-ring (bicyclic) bond motifs is 2. The molecule has 0 spiro atoms. The number of esters is 1. The summed E-state index contributed by atoms with van der Waals surface area (Å²) >= 11 is 0. The van der Waals surface area contributed by atoms with E-state index in [-0.39, 0.29) is 22.8 Å². The third-order valence-corrected chi connectivity index (χ3v) is 10.7. The van der Waals surface area contributed by atoms with Crippen molar-refractivity contribution in [1.82, 2.24) is 14.3 Å². The number of carbonyl (C=O) groups is 3. The molecule has 14 nitrogen and oxygen atoms in total. The molecule has 2 heterocycles. The van der Waals surface area contributed by atoms with Gasteiger partial charge in [-0.05, 0) is 101 Å². The number of rotatable bonds is 12. The fourth-order valence-corrected chi connectivity index (χ4v) is 7.98. The van der Waals surface area contributed by atoms with Crippen LogP contribution < -0.4 is 10.6 Å². The topological polar surface area (TPSA) is 194 Å². The quantitative estimate of drug-likeness (QED) is 0.0542. The lowest BCUT2D eigenvalue weighted by Crippen LogP contribution is -2.47. The zero-order chi connectivity index (χ0) is 41.9. The van der Waals surface area contributed by atoms with Crippen LogP contribution in [0.2, 0.25) is 0 Å². The Morgan fingerprint density at radius 1 is 0.930 bits per heavy atom. The number of hydrogen-bond acceptors (Lipinski definition) is 9. The molecule has 15 heteroatoms. The van der Waals surface area contributed by atoms with E-state index in [1.165, 1.54) is 18.3 Å². The van der Waals surface area contributed by atoms with Crippen molar-refractivity contribution in [2.45, 2.75) is 103 Å². The van der Waals surface area contributed by atoms with Gasteiger partial charge in [-0.1, -0.05) is 67.0 Å². The van der Waals surface area contributed by atoms with Gasteiger partial charge in [-0.25, -0.2) is 22.0 Å². The highest BCUT2D eigenvalue weighted by atomic mass is 32.2. The second-order valence-corrected chi connectivity index (χ2v) is 18.1. The van der Waals surface area contributed by atoms with Gasteiger partial charge in [0.2, 0.25) is 5.91 Å². The SMILES string of the molecule is Cc1ccc(S(=O)(=O)n2cc(C[C@H](NC(=O)OC(C)(C)C)C(=O)OC(C)(C)C)c3ccc([C@@H](C(C)C)[C@H](N=[N+]=[N-])C(=O)Nc4cccc5cccnc45)cc32)cc1. The summed E-state index contributed by atoms with van der Waals surface area (Å²) in [5.74, 6) is -2.30. The Labute approximate surface area is 332 Å². The first-order chi connectivity index (χ1) is 26.7. The van der Waals surface area contributed by atoms with E-state index in [2.05, 4.69) is 25.6 Å². The van der Waals surface area contributed by atoms with E-state index in [1.54, 1.807) is 96.3 Å². The van der Waals surface area contributed by atoms with E-state index < -0.39 is 57.2 Å². The van der Waals surface area contributed by atoms with Crippen LogP contribution in [0.4, 0.5) is 10.5 Å². The third-order valence-electron chi connectivity index (χ3n) is 9.04. The van der Waals surface area contributed by atoms with Gasteiger partial charge in [0, 0.05) is 40.4 Å². The number of carbonyl (C=O) groups excluding carboxylic acids is 3. The van der Waals surface area contributed by atoms with Gasteiger partial charge in [-0.15, -0.1) is 0 Å². The van der Waals surface area contributed by atoms with Crippen molar-refractivity contribution in [2.75, 3.05) is 5.32 Å². The maximum atomic E-state index is 14.4. The number of para-hydroxylation sites is 1. The van der Waals surface area contributed by atoms with E-state index in [0.717, 1.165) is 14.9 Å². The van der Waals surface area contributed by atoms with Crippen molar-refractivity contribution in [3.63, 3.8) is 0 Å². The predicted molar refractivity (Wildman–Crippen MR) is 219 cm³/mol. The smallest absolute Gasteiger partial charge is 0.408 e. The highest BCUT2D eigenvalue weighted by molar-refractivity contribution is 7.90. The zero-order valence-electron chi connectivity index (χ0n) is 33.6. The molecule has 2 N–H and O–H groups in total. The normalized spacial score (nSPS) is 13.7. The minimum Gasteiger partial charge on any atom is -0.458 e. The average Bonchev–Trinajstić information content (AvgIpc) is 3.48. The molecule has 3 aromatic carbocycles. The molecule has 0 radical (unpaired) electrons. The first kappa shape index (κ1) is 42.2. The summed E-state index contributed by atoms with van der Waals surface area (Å²) in [6.45, 7) is 15.8. The maximum Gasteiger partial charge on any atom is 0.408 e. The molecular formula is C42H49N7O7S. The minimum atomic E-state index is -4.24. The first-order valence-corrected chi connectivity index (χ1v) is 20.0. The Balaban J connectivity index is 1.65. The predicted octanol–water partition coefficient (Wildman–Crippen LogP) is 8.57. The van der Waals surface area contributed by atoms with Crippen LogP contribution in [0.15, 0.2) is 95.2 Å². The van der Waals surface area contributed by atoms with Gasteiger partial charge in [0.15, 0.2) is 0 Å². The summed E-state index contributed by atoms with van der Waals surface area (Å²) in [5.41, 5.74) is 11.0. The number of pyridine rings is 1. The van der Waals surface area contributed by atoms with Gasteiger partial charge in [-0.3, -0.25) is 9.78 Å². The molecule has 2 aromatic heterocycles. The van der Waals surface area contributed by atoms with E-state index in [9.17, 15) is 28.3 Å². The van der Waals surface area contributed by atoms with Crippen LogP contribution in [0.3, 0.4) is 0 Å². The third kappa shape index (κ3) is 10.1. The number of benzene rings is 3. The van der Waals surface area contributed by atoms with Crippen molar-refractivity contribution >= 4 is 55.5 Å². The monoisotopic (exact) mass is 795 g/mol. The number of azide groups is 1. The fraction of sp³-hybridized carbons (Fsp3) is 0.381. The Hall–Kier alpha value is -5.92. The van der Waals surface area contributed by atoms with Gasteiger partial charge in [0.05, 0.1) is 21.6 Å². The molecular weight excluding hydrogens is 747 g/mol. The summed E-state index contributed by atoms with van der Waals surface area (Å²) in [5, 5.41) is 10.8. The van der Waals surface area contributed by atoms with Crippen molar-refractivity contribution in [2.24, 2.45) is 11.0 Å². The molecule has 0 aliphatic heterocycles. The molecule has 0 saturated carbocycles. The number of ether oxygens (including phenoxy) is 2.